The first-order valence-corrected chi connectivity index (χ1v) is 9.39. The maximum Gasteiger partial charge on any atom is 0.0311 e. The van der Waals surface area contributed by atoms with E-state index in [-0.39, 0.29) is 0 Å². The summed E-state index contributed by atoms with van der Waals surface area (Å²) < 4.78 is 1.17. The van der Waals surface area contributed by atoms with E-state index in [1.807, 2.05) is 17.8 Å². The molecule has 2 nitrogen and oxygen atoms in total. The van der Waals surface area contributed by atoms with Gasteiger partial charge < -0.3 is 0 Å². The average molecular weight is 359 g/mol. The lowest BCUT2D eigenvalue weighted by Gasteiger charge is -2.15. The second-order valence-electron chi connectivity index (χ2n) is 5.16. The lowest BCUT2D eigenvalue weighted by molar-refractivity contribution is 0.494. The second kappa shape index (κ2) is 11.6. The van der Waals surface area contributed by atoms with Crippen molar-refractivity contribution in [2.45, 2.75) is 62.8 Å². The van der Waals surface area contributed by atoms with Gasteiger partial charge in [-0.15, -0.1) is 11.8 Å². The second-order valence-corrected chi connectivity index (χ2v) is 7.08. The highest BCUT2D eigenvalue weighted by atomic mass is 79.9. The van der Waals surface area contributed by atoms with E-state index < -0.39 is 0 Å². The first-order valence-electron chi connectivity index (χ1n) is 7.61. The van der Waals surface area contributed by atoms with Crippen LogP contribution in [-0.2, 0) is 0 Å². The van der Waals surface area contributed by atoms with E-state index in [4.69, 9.17) is 5.84 Å². The summed E-state index contributed by atoms with van der Waals surface area (Å²) in [5.74, 6) is 6.68. The van der Waals surface area contributed by atoms with Gasteiger partial charge >= 0.3 is 0 Å². The van der Waals surface area contributed by atoms with Crippen LogP contribution in [0.15, 0.2) is 33.6 Å². The van der Waals surface area contributed by atoms with Crippen molar-refractivity contribution in [2.75, 3.05) is 5.75 Å². The highest BCUT2D eigenvalue weighted by molar-refractivity contribution is 9.10. The summed E-state index contributed by atoms with van der Waals surface area (Å²) in [6.45, 7) is 2.26. The Labute approximate surface area is 136 Å². The molecule has 1 aromatic carbocycles. The van der Waals surface area contributed by atoms with Crippen LogP contribution in [0, 0.1) is 0 Å². The zero-order valence-corrected chi connectivity index (χ0v) is 14.8. The standard InChI is InChI=1S/C16H27BrN2S/c1-2-3-4-5-6-7-10-14(19-18)13-20-16-12-9-8-11-15(16)17/h8-9,11-12,14,19H,2-7,10,13,18H2,1H3. The van der Waals surface area contributed by atoms with Crippen molar-refractivity contribution >= 4 is 27.7 Å². The van der Waals surface area contributed by atoms with Crippen molar-refractivity contribution in [3.63, 3.8) is 0 Å². The molecule has 4 heteroatoms. The minimum absolute atomic E-state index is 0.401. The van der Waals surface area contributed by atoms with E-state index >= 15 is 0 Å². The van der Waals surface area contributed by atoms with Gasteiger partial charge in [0.05, 0.1) is 0 Å². The molecule has 3 N–H and O–H groups in total. The number of nitrogens with two attached hydrogens (primary N) is 1. The van der Waals surface area contributed by atoms with Crippen LogP contribution < -0.4 is 11.3 Å². The lowest BCUT2D eigenvalue weighted by Crippen LogP contribution is -2.36. The lowest BCUT2D eigenvalue weighted by atomic mass is 10.1. The van der Waals surface area contributed by atoms with E-state index in [9.17, 15) is 0 Å². The van der Waals surface area contributed by atoms with Gasteiger partial charge in [0.1, 0.15) is 0 Å². The van der Waals surface area contributed by atoms with Crippen LogP contribution in [0.1, 0.15) is 51.9 Å². The van der Waals surface area contributed by atoms with Gasteiger partial charge in [-0.3, -0.25) is 11.3 Å². The Morgan fingerprint density at radius 3 is 2.55 bits per heavy atom. The highest BCUT2D eigenvalue weighted by Crippen LogP contribution is 2.27. The van der Waals surface area contributed by atoms with E-state index in [0.717, 1.165) is 5.75 Å². The van der Waals surface area contributed by atoms with Gasteiger partial charge in [-0.2, -0.15) is 0 Å². The maximum atomic E-state index is 5.66. The van der Waals surface area contributed by atoms with Crippen LogP contribution in [0.5, 0.6) is 0 Å². The van der Waals surface area contributed by atoms with Crippen molar-refractivity contribution in [2.24, 2.45) is 5.84 Å². The van der Waals surface area contributed by atoms with E-state index in [2.05, 4.69) is 46.5 Å². The first kappa shape index (κ1) is 18.0. The number of unbranched alkanes of at least 4 members (excludes halogenated alkanes) is 5. The number of hydrogen-bond acceptors (Lipinski definition) is 3. The van der Waals surface area contributed by atoms with Gasteiger partial charge in [-0.05, 0) is 34.5 Å². The fourth-order valence-corrected chi connectivity index (χ4v) is 3.79. The topological polar surface area (TPSA) is 38.0 Å². The Kier molecular flexibility index (Phi) is 10.5. The molecule has 0 aromatic heterocycles. The molecule has 0 saturated carbocycles. The molecule has 0 aliphatic heterocycles. The minimum Gasteiger partial charge on any atom is -0.271 e. The number of thioether (sulfide) groups is 1. The van der Waals surface area contributed by atoms with E-state index in [1.165, 1.54) is 54.3 Å². The number of halogens is 1. The molecule has 1 aromatic rings. The smallest absolute Gasteiger partial charge is 0.0311 e. The summed E-state index contributed by atoms with van der Waals surface area (Å²) in [5, 5.41) is 0. The summed E-state index contributed by atoms with van der Waals surface area (Å²) in [6.07, 6.45) is 9.20. The summed E-state index contributed by atoms with van der Waals surface area (Å²) in [5.41, 5.74) is 2.96. The highest BCUT2D eigenvalue weighted by Gasteiger charge is 2.08. The number of rotatable bonds is 11. The van der Waals surface area contributed by atoms with Gasteiger partial charge in [0, 0.05) is 21.2 Å². The Hall–Kier alpha value is -0.0300. The normalized spacial score (nSPS) is 12.6. The SMILES string of the molecule is CCCCCCCCC(CSc1ccccc1Br)NN. The van der Waals surface area contributed by atoms with Crippen LogP contribution in [-0.4, -0.2) is 11.8 Å². The zero-order valence-electron chi connectivity index (χ0n) is 12.4. The minimum atomic E-state index is 0.401. The van der Waals surface area contributed by atoms with Crippen molar-refractivity contribution in [3.05, 3.63) is 28.7 Å². The van der Waals surface area contributed by atoms with Gasteiger partial charge in [-0.25, -0.2) is 0 Å². The Morgan fingerprint density at radius 1 is 1.15 bits per heavy atom. The van der Waals surface area contributed by atoms with Crippen molar-refractivity contribution in [3.8, 4) is 0 Å². The van der Waals surface area contributed by atoms with Crippen molar-refractivity contribution in [1.29, 1.82) is 0 Å². The quantitative estimate of drug-likeness (QED) is 0.249. The molecule has 1 unspecified atom stereocenters. The molecule has 0 fully saturated rings. The molecule has 1 rings (SSSR count). The summed E-state index contributed by atoms with van der Waals surface area (Å²) in [7, 11) is 0. The third-order valence-corrected chi connectivity index (χ3v) is 5.61. The molecule has 0 radical (unpaired) electrons. The molecule has 0 aliphatic carbocycles. The Bertz CT molecular complexity index is 360. The van der Waals surface area contributed by atoms with Gasteiger partial charge in [0.2, 0.25) is 0 Å². The summed E-state index contributed by atoms with van der Waals surface area (Å²) in [6, 6.07) is 8.75. The molecule has 114 valence electrons. The number of hydrogen-bond donors (Lipinski definition) is 2. The monoisotopic (exact) mass is 358 g/mol. The molecule has 0 spiro atoms. The molecule has 20 heavy (non-hydrogen) atoms. The summed E-state index contributed by atoms with van der Waals surface area (Å²) >= 11 is 5.45. The third kappa shape index (κ3) is 7.67. The number of benzene rings is 1. The number of hydrazine groups is 1. The van der Waals surface area contributed by atoms with Crippen LogP contribution in [0.3, 0.4) is 0 Å². The van der Waals surface area contributed by atoms with Crippen molar-refractivity contribution in [1.82, 2.24) is 5.43 Å². The largest absolute Gasteiger partial charge is 0.271 e. The number of nitrogens with one attached hydrogen (secondary N) is 1. The van der Waals surface area contributed by atoms with Gasteiger partial charge in [-0.1, -0.05) is 57.6 Å². The Balaban J connectivity index is 2.18. The predicted molar refractivity (Wildman–Crippen MR) is 94.0 cm³/mol. The molecular weight excluding hydrogens is 332 g/mol. The summed E-state index contributed by atoms with van der Waals surface area (Å²) in [4.78, 5) is 1.29. The Morgan fingerprint density at radius 2 is 1.85 bits per heavy atom. The molecule has 1 atom stereocenters. The molecule has 0 heterocycles. The fraction of sp³-hybridized carbons (Fsp3) is 0.625. The van der Waals surface area contributed by atoms with Crippen LogP contribution in [0.2, 0.25) is 0 Å². The van der Waals surface area contributed by atoms with Crippen molar-refractivity contribution < 1.29 is 0 Å². The maximum absolute atomic E-state index is 5.66. The average Bonchev–Trinajstić information content (AvgIpc) is 2.47. The zero-order chi connectivity index (χ0) is 14.6. The van der Waals surface area contributed by atoms with Gasteiger partial charge in [0.15, 0.2) is 0 Å². The molecular formula is C16H27BrN2S. The van der Waals surface area contributed by atoms with Crippen LogP contribution in [0.4, 0.5) is 0 Å². The van der Waals surface area contributed by atoms with Crippen LogP contribution >= 0.6 is 27.7 Å². The first-order chi connectivity index (χ1) is 9.77. The van der Waals surface area contributed by atoms with Gasteiger partial charge in [0.25, 0.3) is 0 Å². The van der Waals surface area contributed by atoms with E-state index in [0.29, 0.717) is 6.04 Å². The third-order valence-electron chi connectivity index (χ3n) is 3.42. The molecule has 0 saturated heterocycles. The predicted octanol–water partition coefficient (Wildman–Crippen LogP) is 5.12. The van der Waals surface area contributed by atoms with Crippen LogP contribution in [0.25, 0.3) is 0 Å². The molecule has 0 bridgehead atoms. The fourth-order valence-electron chi connectivity index (χ4n) is 2.14. The molecule has 0 amide bonds. The van der Waals surface area contributed by atoms with E-state index in [1.54, 1.807) is 0 Å². The molecule has 0 aliphatic rings.